The molecule has 20 heavy (non-hydrogen) atoms. The fraction of sp³-hybridized carbons (Fsp3) is 0.154. The van der Waals surface area contributed by atoms with Crippen molar-refractivity contribution in [2.45, 2.75) is 11.4 Å². The van der Waals surface area contributed by atoms with Crippen molar-refractivity contribution >= 4 is 45.6 Å². The maximum atomic E-state index is 11.9. The maximum absolute atomic E-state index is 11.9. The Morgan fingerprint density at radius 1 is 1.15 bits per heavy atom. The first-order valence-corrected chi connectivity index (χ1v) is 6.99. The van der Waals surface area contributed by atoms with Gasteiger partial charge < -0.3 is 4.74 Å². The normalized spacial score (nSPS) is 16.2. The molecule has 0 radical (unpaired) electrons. The molecule has 0 atom stereocenters. The van der Waals surface area contributed by atoms with Gasteiger partial charge in [-0.05, 0) is 30.7 Å². The van der Waals surface area contributed by atoms with E-state index >= 15 is 0 Å². The number of carbonyl (C=O) groups excluding carboxylic acids is 1. The van der Waals surface area contributed by atoms with Gasteiger partial charge in [-0.2, -0.15) is 8.42 Å². The van der Waals surface area contributed by atoms with Crippen LogP contribution in [0, 0.1) is 0 Å². The zero-order chi connectivity index (χ0) is 13.9. The number of esters is 1. The molecule has 5 nitrogen and oxygen atoms in total. The molecule has 7 heteroatoms. The zero-order valence-electron chi connectivity index (χ0n) is 9.89. The summed E-state index contributed by atoms with van der Waals surface area (Å²) in [6.45, 7) is 0. The summed E-state index contributed by atoms with van der Waals surface area (Å²) in [5, 5.41) is 0. The van der Waals surface area contributed by atoms with Gasteiger partial charge in [-0.25, -0.2) is 4.79 Å². The Hall–Kier alpha value is -0.920. The molecule has 0 saturated heterocycles. The fourth-order valence-electron chi connectivity index (χ4n) is 1.67. The van der Waals surface area contributed by atoms with Crippen LogP contribution in [0.3, 0.4) is 0 Å². The van der Waals surface area contributed by atoms with E-state index in [9.17, 15) is 17.8 Å². The molecule has 0 saturated carbocycles. The average molecular weight is 304 g/mol. The molecule has 0 heterocycles. The van der Waals surface area contributed by atoms with Crippen LogP contribution in [0.5, 0.6) is 0 Å². The van der Waals surface area contributed by atoms with Crippen LogP contribution in [0.2, 0.25) is 0 Å². The first kappa shape index (κ1) is 17.1. The van der Waals surface area contributed by atoms with Crippen molar-refractivity contribution in [3.63, 3.8) is 0 Å². The Bertz CT molecular complexity index is 622. The van der Waals surface area contributed by atoms with Gasteiger partial charge >= 0.3 is 45.6 Å². The van der Waals surface area contributed by atoms with Crippen molar-refractivity contribution in [2.24, 2.45) is 0 Å². The van der Waals surface area contributed by atoms with E-state index in [1.807, 2.05) is 0 Å². The summed E-state index contributed by atoms with van der Waals surface area (Å²) in [4.78, 5) is 9.76. The molecule has 0 aromatic heterocycles. The van der Waals surface area contributed by atoms with E-state index in [0.717, 1.165) is 12.2 Å². The van der Waals surface area contributed by atoms with Gasteiger partial charge in [0.15, 0.2) is 0 Å². The van der Waals surface area contributed by atoms with Crippen molar-refractivity contribution in [3.05, 3.63) is 60.2 Å². The van der Waals surface area contributed by atoms with E-state index in [1.54, 1.807) is 18.2 Å². The molecule has 102 valence electrons. The van der Waals surface area contributed by atoms with E-state index in [4.69, 9.17) is 4.74 Å². The van der Waals surface area contributed by atoms with Crippen molar-refractivity contribution in [1.29, 1.82) is 0 Å². The molecule has 1 aliphatic carbocycles. The molecule has 0 unspecified atom stereocenters. The molecule has 1 N–H and O–H groups in total. The summed E-state index contributed by atoms with van der Waals surface area (Å²) < 4.78 is 37.2. The Morgan fingerprint density at radius 2 is 1.70 bits per heavy atom. The SMILES string of the molecule is O=C(OC1(S(=O)(=O)O)C=CCC=C1)c1ccccc1.[NaH]. The summed E-state index contributed by atoms with van der Waals surface area (Å²) >= 11 is 0. The van der Waals surface area contributed by atoms with Gasteiger partial charge in [0.1, 0.15) is 0 Å². The predicted molar refractivity (Wildman–Crippen MR) is 76.2 cm³/mol. The molecule has 1 aliphatic rings. The van der Waals surface area contributed by atoms with Crippen molar-refractivity contribution < 1.29 is 22.5 Å². The monoisotopic (exact) mass is 304 g/mol. The third kappa shape index (κ3) is 3.59. The van der Waals surface area contributed by atoms with E-state index in [2.05, 4.69) is 0 Å². The Labute approximate surface area is 139 Å². The predicted octanol–water partition coefficient (Wildman–Crippen LogP) is 1.30. The summed E-state index contributed by atoms with van der Waals surface area (Å²) in [5.41, 5.74) is 0.206. The Balaban J connectivity index is 0.00000200. The van der Waals surface area contributed by atoms with Crippen molar-refractivity contribution in [2.75, 3.05) is 0 Å². The number of carbonyl (C=O) groups is 1. The van der Waals surface area contributed by atoms with Crippen molar-refractivity contribution in [1.82, 2.24) is 0 Å². The Morgan fingerprint density at radius 3 is 2.20 bits per heavy atom. The number of hydrogen-bond donors (Lipinski definition) is 1. The van der Waals surface area contributed by atoms with Crippen LogP contribution in [-0.4, -0.2) is 53.4 Å². The second-order valence-electron chi connectivity index (χ2n) is 3.99. The molecule has 1 aromatic rings. The number of allylic oxidation sites excluding steroid dienone is 2. The minimum atomic E-state index is -4.61. The van der Waals surface area contributed by atoms with Gasteiger partial charge in [0, 0.05) is 0 Å². The number of ether oxygens (including phenoxy) is 1. The van der Waals surface area contributed by atoms with Gasteiger partial charge in [0.05, 0.1) is 5.56 Å². The molecule has 0 aliphatic heterocycles. The van der Waals surface area contributed by atoms with Crippen molar-refractivity contribution in [3.8, 4) is 0 Å². The third-order valence-electron chi connectivity index (χ3n) is 2.64. The number of benzene rings is 1. The van der Waals surface area contributed by atoms with Crippen LogP contribution in [0.15, 0.2) is 54.6 Å². The number of rotatable bonds is 3. The summed E-state index contributed by atoms with van der Waals surface area (Å²) in [7, 11) is -4.61. The summed E-state index contributed by atoms with van der Waals surface area (Å²) in [6.07, 6.45) is 5.84. The van der Waals surface area contributed by atoms with Crippen LogP contribution in [0.25, 0.3) is 0 Å². The minimum absolute atomic E-state index is 0. The second kappa shape index (κ2) is 6.69. The molecule has 0 fully saturated rings. The first-order valence-electron chi connectivity index (χ1n) is 5.55. The van der Waals surface area contributed by atoms with Gasteiger partial charge in [-0.3, -0.25) is 4.55 Å². The van der Waals surface area contributed by atoms with Crippen LogP contribution < -0.4 is 0 Å². The second-order valence-corrected chi connectivity index (χ2v) is 5.58. The molecule has 2 rings (SSSR count). The third-order valence-corrected chi connectivity index (χ3v) is 3.80. The summed E-state index contributed by atoms with van der Waals surface area (Å²) in [5.74, 6) is -0.825. The molecular weight excluding hydrogens is 291 g/mol. The topological polar surface area (TPSA) is 80.7 Å². The molecule has 0 spiro atoms. The van der Waals surface area contributed by atoms with Crippen LogP contribution in [0.4, 0.5) is 0 Å². The zero-order valence-corrected chi connectivity index (χ0v) is 10.7. The van der Waals surface area contributed by atoms with Crippen LogP contribution in [-0.2, 0) is 14.9 Å². The van der Waals surface area contributed by atoms with Gasteiger partial charge in [-0.15, -0.1) is 0 Å². The Kier molecular flexibility index (Phi) is 5.73. The average Bonchev–Trinajstić information content (AvgIpc) is 2.39. The molecule has 1 aromatic carbocycles. The van der Waals surface area contributed by atoms with E-state index in [0.29, 0.717) is 6.42 Å². The van der Waals surface area contributed by atoms with Gasteiger partial charge in [0.2, 0.25) is 0 Å². The standard InChI is InChI=1S/C13H12O5S.Na.H/c14-12(11-7-3-1-4-8-11)18-13(19(15,16)17)9-5-2-6-10-13;;/h1,3-10H,2H2,(H,15,16,17);;. The van der Waals surface area contributed by atoms with E-state index in [-0.39, 0.29) is 35.1 Å². The quantitative estimate of drug-likeness (QED) is 0.394. The van der Waals surface area contributed by atoms with Gasteiger partial charge in [-0.1, -0.05) is 30.4 Å². The first-order chi connectivity index (χ1) is 8.95. The van der Waals surface area contributed by atoms with Crippen LogP contribution >= 0.6 is 0 Å². The molecule has 0 bridgehead atoms. The van der Waals surface area contributed by atoms with Gasteiger partial charge in [0.25, 0.3) is 4.93 Å². The number of hydrogen-bond acceptors (Lipinski definition) is 4. The fourth-order valence-corrected chi connectivity index (χ4v) is 2.39. The molecular formula is C13H13NaO5S. The molecule has 0 amide bonds. The van der Waals surface area contributed by atoms with E-state index < -0.39 is 21.0 Å². The summed E-state index contributed by atoms with van der Waals surface area (Å²) in [6, 6.07) is 7.97. The van der Waals surface area contributed by atoms with Crippen LogP contribution in [0.1, 0.15) is 16.8 Å². The van der Waals surface area contributed by atoms with E-state index in [1.165, 1.54) is 24.3 Å².